The van der Waals surface area contributed by atoms with Gasteiger partial charge in [0.25, 0.3) is 0 Å². The summed E-state index contributed by atoms with van der Waals surface area (Å²) in [5, 5.41) is 2.36. The molecular weight excluding hydrogens is 236 g/mol. The summed E-state index contributed by atoms with van der Waals surface area (Å²) >= 11 is 0. The molecule has 0 spiro atoms. The van der Waals surface area contributed by atoms with Crippen molar-refractivity contribution in [2.75, 3.05) is 27.2 Å². The van der Waals surface area contributed by atoms with E-state index >= 15 is 0 Å². The van der Waals surface area contributed by atoms with Crippen LogP contribution in [0, 0.1) is 0 Å². The summed E-state index contributed by atoms with van der Waals surface area (Å²) in [6.07, 6.45) is 0.863. The van der Waals surface area contributed by atoms with Crippen LogP contribution in [0.1, 0.15) is 6.42 Å². The van der Waals surface area contributed by atoms with Crippen molar-refractivity contribution in [3.05, 3.63) is 42.5 Å². The molecule has 1 atom stereocenters. The zero-order valence-corrected chi connectivity index (χ0v) is 11.7. The minimum Gasteiger partial charge on any atom is -0.493 e. The lowest BCUT2D eigenvalue weighted by Gasteiger charge is -2.17. The van der Waals surface area contributed by atoms with Gasteiger partial charge in [-0.05, 0) is 32.0 Å². The summed E-state index contributed by atoms with van der Waals surface area (Å²) in [7, 11) is 4.07. The number of fused-ring (bicyclic) bond motifs is 1. The largest absolute Gasteiger partial charge is 0.493 e. The molecule has 1 unspecified atom stereocenters. The van der Waals surface area contributed by atoms with E-state index < -0.39 is 0 Å². The van der Waals surface area contributed by atoms with E-state index in [2.05, 4.69) is 23.1 Å². The molecule has 19 heavy (non-hydrogen) atoms. The first-order chi connectivity index (χ1) is 9.16. The SMILES string of the molecule is CN(C)CC(N)CCOc1cccc2ccccc12. The Morgan fingerprint density at radius 3 is 2.63 bits per heavy atom. The normalized spacial score (nSPS) is 12.8. The van der Waals surface area contributed by atoms with E-state index in [4.69, 9.17) is 10.5 Å². The molecule has 0 aromatic heterocycles. The van der Waals surface area contributed by atoms with Crippen LogP contribution in [-0.4, -0.2) is 38.2 Å². The number of benzene rings is 2. The molecule has 2 aromatic carbocycles. The van der Waals surface area contributed by atoms with Crippen molar-refractivity contribution < 1.29 is 4.74 Å². The monoisotopic (exact) mass is 258 g/mol. The van der Waals surface area contributed by atoms with Gasteiger partial charge in [-0.2, -0.15) is 0 Å². The van der Waals surface area contributed by atoms with Gasteiger partial charge in [-0.25, -0.2) is 0 Å². The maximum absolute atomic E-state index is 6.03. The Hall–Kier alpha value is -1.58. The minimum atomic E-state index is 0.157. The van der Waals surface area contributed by atoms with Crippen molar-refractivity contribution in [2.24, 2.45) is 5.73 Å². The lowest BCUT2D eigenvalue weighted by molar-refractivity contribution is 0.279. The summed E-state index contributed by atoms with van der Waals surface area (Å²) in [5.41, 5.74) is 6.03. The van der Waals surface area contributed by atoms with E-state index in [1.807, 2.05) is 38.4 Å². The van der Waals surface area contributed by atoms with Gasteiger partial charge in [0.15, 0.2) is 0 Å². The fourth-order valence-electron chi connectivity index (χ4n) is 2.20. The number of nitrogens with zero attached hydrogens (tertiary/aromatic N) is 1. The maximum Gasteiger partial charge on any atom is 0.127 e. The van der Waals surface area contributed by atoms with Crippen LogP contribution in [-0.2, 0) is 0 Å². The lowest BCUT2D eigenvalue weighted by atomic mass is 10.1. The summed E-state index contributed by atoms with van der Waals surface area (Å²) in [6, 6.07) is 14.6. The molecule has 2 aromatic rings. The molecule has 3 nitrogen and oxygen atoms in total. The third-order valence-electron chi connectivity index (χ3n) is 3.10. The van der Waals surface area contributed by atoms with Crippen molar-refractivity contribution in [2.45, 2.75) is 12.5 Å². The van der Waals surface area contributed by atoms with Crippen molar-refractivity contribution in [1.29, 1.82) is 0 Å². The van der Waals surface area contributed by atoms with E-state index in [0.29, 0.717) is 6.61 Å². The molecule has 0 bridgehead atoms. The number of ether oxygens (including phenoxy) is 1. The van der Waals surface area contributed by atoms with E-state index in [1.54, 1.807) is 0 Å². The van der Waals surface area contributed by atoms with Gasteiger partial charge in [0.1, 0.15) is 5.75 Å². The van der Waals surface area contributed by atoms with Crippen LogP contribution in [0.3, 0.4) is 0 Å². The second-order valence-electron chi connectivity index (χ2n) is 5.14. The van der Waals surface area contributed by atoms with Gasteiger partial charge in [-0.15, -0.1) is 0 Å². The predicted molar refractivity (Wildman–Crippen MR) is 80.6 cm³/mol. The third kappa shape index (κ3) is 3.94. The second-order valence-corrected chi connectivity index (χ2v) is 5.14. The first-order valence-electron chi connectivity index (χ1n) is 6.67. The maximum atomic E-state index is 6.03. The van der Waals surface area contributed by atoms with Crippen LogP contribution in [0.5, 0.6) is 5.75 Å². The fraction of sp³-hybridized carbons (Fsp3) is 0.375. The molecule has 0 saturated carbocycles. The molecule has 2 N–H and O–H groups in total. The van der Waals surface area contributed by atoms with Crippen LogP contribution in [0.2, 0.25) is 0 Å². The molecule has 0 fully saturated rings. The first-order valence-corrected chi connectivity index (χ1v) is 6.67. The van der Waals surface area contributed by atoms with E-state index in [9.17, 15) is 0 Å². The molecule has 2 rings (SSSR count). The van der Waals surface area contributed by atoms with Gasteiger partial charge in [0.2, 0.25) is 0 Å². The number of nitrogens with two attached hydrogens (primary N) is 1. The van der Waals surface area contributed by atoms with Gasteiger partial charge >= 0.3 is 0 Å². The molecule has 0 radical (unpaired) electrons. The quantitative estimate of drug-likeness (QED) is 0.865. The Balaban J connectivity index is 1.95. The van der Waals surface area contributed by atoms with Crippen molar-refractivity contribution >= 4 is 10.8 Å². The minimum absolute atomic E-state index is 0.157. The number of hydrogen-bond acceptors (Lipinski definition) is 3. The third-order valence-corrected chi connectivity index (χ3v) is 3.10. The average Bonchev–Trinajstić information content (AvgIpc) is 2.38. The molecule has 3 heteroatoms. The van der Waals surface area contributed by atoms with Gasteiger partial charge in [0, 0.05) is 18.0 Å². The highest BCUT2D eigenvalue weighted by Gasteiger charge is 2.05. The highest BCUT2D eigenvalue weighted by Crippen LogP contribution is 2.25. The molecule has 0 heterocycles. The van der Waals surface area contributed by atoms with Crippen LogP contribution < -0.4 is 10.5 Å². The summed E-state index contributed by atoms with van der Waals surface area (Å²) in [4.78, 5) is 2.10. The Bertz CT molecular complexity index is 520. The van der Waals surface area contributed by atoms with Crippen LogP contribution in [0.4, 0.5) is 0 Å². The van der Waals surface area contributed by atoms with Crippen LogP contribution in [0.25, 0.3) is 10.8 Å². The van der Waals surface area contributed by atoms with Crippen molar-refractivity contribution in [3.63, 3.8) is 0 Å². The topological polar surface area (TPSA) is 38.5 Å². The zero-order valence-electron chi connectivity index (χ0n) is 11.7. The first kappa shape index (κ1) is 13.8. The number of rotatable bonds is 6. The molecule has 102 valence electrons. The summed E-state index contributed by atoms with van der Waals surface area (Å²) in [6.45, 7) is 1.54. The Morgan fingerprint density at radius 1 is 1.11 bits per heavy atom. The van der Waals surface area contributed by atoms with Crippen molar-refractivity contribution in [1.82, 2.24) is 4.90 Å². The van der Waals surface area contributed by atoms with Gasteiger partial charge in [0.05, 0.1) is 6.61 Å². The van der Waals surface area contributed by atoms with Gasteiger partial charge in [-0.1, -0.05) is 36.4 Å². The molecule has 0 aliphatic carbocycles. The summed E-state index contributed by atoms with van der Waals surface area (Å²) < 4.78 is 5.87. The second kappa shape index (κ2) is 6.55. The zero-order chi connectivity index (χ0) is 13.7. The fourth-order valence-corrected chi connectivity index (χ4v) is 2.20. The van der Waals surface area contributed by atoms with E-state index in [-0.39, 0.29) is 6.04 Å². The Labute approximate surface area is 115 Å². The van der Waals surface area contributed by atoms with Crippen LogP contribution >= 0.6 is 0 Å². The van der Waals surface area contributed by atoms with Gasteiger partial charge < -0.3 is 15.4 Å². The molecule has 0 aliphatic rings. The lowest BCUT2D eigenvalue weighted by Crippen LogP contribution is -2.34. The van der Waals surface area contributed by atoms with Crippen molar-refractivity contribution in [3.8, 4) is 5.75 Å². The highest BCUT2D eigenvalue weighted by molar-refractivity contribution is 5.88. The summed E-state index contributed by atoms with van der Waals surface area (Å²) in [5.74, 6) is 0.940. The number of likely N-dealkylation sites (N-methyl/N-ethyl adjacent to an activating group) is 1. The Morgan fingerprint density at radius 2 is 1.84 bits per heavy atom. The van der Waals surface area contributed by atoms with E-state index in [0.717, 1.165) is 24.1 Å². The predicted octanol–water partition coefficient (Wildman–Crippen LogP) is 2.50. The molecule has 0 amide bonds. The Kier molecular flexibility index (Phi) is 4.77. The standard InChI is InChI=1S/C16H22N2O/c1-18(2)12-14(17)10-11-19-16-9-5-7-13-6-3-4-8-15(13)16/h3-9,14H,10-12,17H2,1-2H3. The molecular formula is C16H22N2O. The number of hydrogen-bond donors (Lipinski definition) is 1. The van der Waals surface area contributed by atoms with Crippen LogP contribution in [0.15, 0.2) is 42.5 Å². The van der Waals surface area contributed by atoms with E-state index in [1.165, 1.54) is 5.39 Å². The smallest absolute Gasteiger partial charge is 0.127 e. The average molecular weight is 258 g/mol. The highest BCUT2D eigenvalue weighted by atomic mass is 16.5. The molecule has 0 aliphatic heterocycles. The molecule has 0 saturated heterocycles. The van der Waals surface area contributed by atoms with Gasteiger partial charge in [-0.3, -0.25) is 0 Å².